The molecule has 0 aliphatic rings. The van der Waals surface area contributed by atoms with Crippen LogP contribution in [0.5, 0.6) is 0 Å². The van der Waals surface area contributed by atoms with Crippen LogP contribution in [-0.2, 0) is 0 Å². The van der Waals surface area contributed by atoms with Gasteiger partial charge >= 0.3 is 0 Å². The van der Waals surface area contributed by atoms with Crippen molar-refractivity contribution in [3.8, 4) is 11.3 Å². The fourth-order valence-corrected chi connectivity index (χ4v) is 2.61. The summed E-state index contributed by atoms with van der Waals surface area (Å²) in [5.74, 6) is 0. The first-order valence-corrected chi connectivity index (χ1v) is 7.09. The third-order valence-corrected chi connectivity index (χ3v) is 3.71. The summed E-state index contributed by atoms with van der Waals surface area (Å²) >= 11 is 5.98. The molecule has 1 atom stereocenters. The number of hydrogen-bond donors (Lipinski definition) is 1. The lowest BCUT2D eigenvalue weighted by molar-refractivity contribution is 0.459. The molecule has 5 heteroatoms. The number of aromatic nitrogens is 1. The van der Waals surface area contributed by atoms with Gasteiger partial charge in [-0.1, -0.05) is 47.1 Å². The van der Waals surface area contributed by atoms with Crippen LogP contribution in [-0.4, -0.2) is 5.16 Å². The Bertz CT molecular complexity index is 798. The minimum atomic E-state index is -0.113. The van der Waals surface area contributed by atoms with Crippen LogP contribution in [0.15, 0.2) is 59.6 Å². The molecule has 0 spiro atoms. The first kappa shape index (κ1) is 16.6. The van der Waals surface area contributed by atoms with Gasteiger partial charge in [-0.3, -0.25) is 0 Å². The van der Waals surface area contributed by atoms with Crippen molar-refractivity contribution in [3.63, 3.8) is 0 Å². The monoisotopic (exact) mass is 334 g/mol. The number of fused-ring (bicyclic) bond motifs is 1. The Labute approximate surface area is 140 Å². The number of nitrogens with zero attached hydrogens (tertiary/aromatic N) is 1. The second-order valence-corrected chi connectivity index (χ2v) is 5.33. The van der Waals surface area contributed by atoms with E-state index in [0.29, 0.717) is 17.0 Å². The molecule has 3 aromatic rings. The molecule has 0 fully saturated rings. The quantitative estimate of drug-likeness (QED) is 0.671. The largest absolute Gasteiger partial charge is 0.356 e. The van der Waals surface area contributed by atoms with E-state index in [0.717, 1.165) is 22.2 Å². The maximum absolute atomic E-state index is 6.23. The van der Waals surface area contributed by atoms with Gasteiger partial charge in [0.15, 0.2) is 5.58 Å². The predicted molar refractivity (Wildman–Crippen MR) is 93.4 cm³/mol. The maximum atomic E-state index is 6.23. The lowest BCUT2D eigenvalue weighted by Gasteiger charge is -2.13. The zero-order valence-corrected chi connectivity index (χ0v) is 13.4. The summed E-state index contributed by atoms with van der Waals surface area (Å²) in [6, 6.07) is 13.4. The van der Waals surface area contributed by atoms with Crippen molar-refractivity contribution in [2.24, 2.45) is 5.73 Å². The van der Waals surface area contributed by atoms with Crippen LogP contribution < -0.4 is 5.73 Å². The van der Waals surface area contributed by atoms with Gasteiger partial charge in [0.1, 0.15) is 5.69 Å². The van der Waals surface area contributed by atoms with E-state index in [2.05, 4.69) is 11.7 Å². The van der Waals surface area contributed by atoms with Gasteiger partial charge < -0.3 is 10.3 Å². The Morgan fingerprint density at radius 3 is 2.82 bits per heavy atom. The van der Waals surface area contributed by atoms with Gasteiger partial charge in [0.05, 0.1) is 0 Å². The molecule has 0 bridgehead atoms. The third-order valence-electron chi connectivity index (χ3n) is 3.47. The molecule has 0 aliphatic heterocycles. The number of nitrogens with two attached hydrogens (primary N) is 1. The molecule has 1 unspecified atom stereocenters. The summed E-state index contributed by atoms with van der Waals surface area (Å²) < 4.78 is 5.38. The van der Waals surface area contributed by atoms with Crippen molar-refractivity contribution in [2.45, 2.75) is 12.5 Å². The number of hydrogen-bond acceptors (Lipinski definition) is 3. The summed E-state index contributed by atoms with van der Waals surface area (Å²) in [5.41, 5.74) is 9.70. The van der Waals surface area contributed by atoms with Crippen molar-refractivity contribution in [1.29, 1.82) is 0 Å². The molecular formula is C17H16Cl2N2O. The van der Waals surface area contributed by atoms with E-state index in [-0.39, 0.29) is 18.4 Å². The molecule has 0 radical (unpaired) electrons. The van der Waals surface area contributed by atoms with Crippen LogP contribution in [0.3, 0.4) is 0 Å². The van der Waals surface area contributed by atoms with Crippen LogP contribution in [0, 0.1) is 0 Å². The summed E-state index contributed by atoms with van der Waals surface area (Å²) in [5, 5.41) is 5.75. The highest BCUT2D eigenvalue weighted by Gasteiger charge is 2.16. The summed E-state index contributed by atoms with van der Waals surface area (Å²) in [4.78, 5) is 0. The Morgan fingerprint density at radius 1 is 1.27 bits per heavy atom. The van der Waals surface area contributed by atoms with Crippen LogP contribution in [0.4, 0.5) is 0 Å². The first-order chi connectivity index (χ1) is 10.2. The van der Waals surface area contributed by atoms with E-state index >= 15 is 0 Å². The highest BCUT2D eigenvalue weighted by Crippen LogP contribution is 2.34. The van der Waals surface area contributed by atoms with Gasteiger partial charge in [0, 0.05) is 28.1 Å². The lowest BCUT2D eigenvalue weighted by atomic mass is 9.95. The highest BCUT2D eigenvalue weighted by atomic mass is 35.5. The van der Waals surface area contributed by atoms with E-state index in [9.17, 15) is 0 Å². The molecule has 2 aromatic carbocycles. The van der Waals surface area contributed by atoms with Gasteiger partial charge in [-0.05, 0) is 24.1 Å². The third kappa shape index (κ3) is 3.02. The molecule has 22 heavy (non-hydrogen) atoms. The minimum Gasteiger partial charge on any atom is -0.356 e. The summed E-state index contributed by atoms with van der Waals surface area (Å²) in [6.07, 6.45) is 2.53. The maximum Gasteiger partial charge on any atom is 0.169 e. The predicted octanol–water partition coefficient (Wildman–Crippen LogP) is 5.15. The molecule has 0 saturated heterocycles. The van der Waals surface area contributed by atoms with Gasteiger partial charge in [-0.15, -0.1) is 19.0 Å². The van der Waals surface area contributed by atoms with Crippen LogP contribution in [0.2, 0.25) is 5.02 Å². The van der Waals surface area contributed by atoms with E-state index in [4.69, 9.17) is 21.9 Å². The zero-order chi connectivity index (χ0) is 14.8. The molecule has 3 rings (SSSR count). The fourth-order valence-electron chi connectivity index (χ4n) is 2.45. The Morgan fingerprint density at radius 2 is 2.05 bits per heavy atom. The van der Waals surface area contributed by atoms with Gasteiger partial charge in [-0.2, -0.15) is 0 Å². The molecule has 3 nitrogen and oxygen atoms in total. The van der Waals surface area contributed by atoms with Crippen molar-refractivity contribution < 1.29 is 4.52 Å². The summed E-state index contributed by atoms with van der Waals surface area (Å²) in [7, 11) is 0. The molecule has 1 aromatic heterocycles. The molecule has 114 valence electrons. The van der Waals surface area contributed by atoms with Crippen LogP contribution in [0.1, 0.15) is 18.0 Å². The second-order valence-electron chi connectivity index (χ2n) is 4.89. The average Bonchev–Trinajstić information content (AvgIpc) is 2.90. The molecule has 2 N–H and O–H groups in total. The fraction of sp³-hybridized carbons (Fsp3) is 0.118. The molecule has 0 saturated carbocycles. The highest BCUT2D eigenvalue weighted by molar-refractivity contribution is 6.31. The van der Waals surface area contributed by atoms with Crippen LogP contribution >= 0.6 is 24.0 Å². The standard InChI is InChI=1S/C17H15ClN2O.ClH/c1-2-5-15(19)12-6-3-4-7-13(12)17-14-9-8-11(18)10-16(14)21-20-17;/h2-4,6-10,15H,1,5,19H2;1H. The van der Waals surface area contributed by atoms with Crippen molar-refractivity contribution in [1.82, 2.24) is 5.16 Å². The van der Waals surface area contributed by atoms with Crippen LogP contribution in [0.25, 0.3) is 22.2 Å². The molecule has 0 amide bonds. The molecule has 1 heterocycles. The number of halogens is 2. The van der Waals surface area contributed by atoms with Crippen molar-refractivity contribution >= 4 is 35.0 Å². The second kappa shape index (κ2) is 6.97. The first-order valence-electron chi connectivity index (χ1n) is 6.71. The topological polar surface area (TPSA) is 52.0 Å². The average molecular weight is 335 g/mol. The van der Waals surface area contributed by atoms with Gasteiger partial charge in [0.2, 0.25) is 0 Å². The zero-order valence-electron chi connectivity index (χ0n) is 11.8. The van der Waals surface area contributed by atoms with Gasteiger partial charge in [-0.25, -0.2) is 0 Å². The summed E-state index contributed by atoms with van der Waals surface area (Å²) in [6.45, 7) is 3.75. The van der Waals surface area contributed by atoms with Crippen molar-refractivity contribution in [3.05, 3.63) is 65.7 Å². The SMILES string of the molecule is C=CCC(N)c1ccccc1-c1noc2cc(Cl)ccc12.Cl. The smallest absolute Gasteiger partial charge is 0.169 e. The Hall–Kier alpha value is -1.81. The normalized spacial score (nSPS) is 11.9. The lowest BCUT2D eigenvalue weighted by Crippen LogP contribution is -2.10. The number of benzene rings is 2. The Kier molecular flexibility index (Phi) is 5.24. The van der Waals surface area contributed by atoms with E-state index < -0.39 is 0 Å². The van der Waals surface area contributed by atoms with E-state index in [1.54, 1.807) is 6.07 Å². The molecular weight excluding hydrogens is 319 g/mol. The van der Waals surface area contributed by atoms with Gasteiger partial charge in [0.25, 0.3) is 0 Å². The van der Waals surface area contributed by atoms with E-state index in [1.807, 2.05) is 42.5 Å². The molecule has 0 aliphatic carbocycles. The minimum absolute atomic E-state index is 0. The van der Waals surface area contributed by atoms with E-state index in [1.165, 1.54) is 0 Å². The van der Waals surface area contributed by atoms with Crippen molar-refractivity contribution in [2.75, 3.05) is 0 Å². The number of rotatable bonds is 4. The Balaban J connectivity index is 0.00000176.